The molecule has 1 atom stereocenters. The van der Waals surface area contributed by atoms with Crippen molar-refractivity contribution in [1.82, 2.24) is 24.6 Å². The molecule has 1 aromatic carbocycles. The van der Waals surface area contributed by atoms with Gasteiger partial charge in [0.25, 0.3) is 5.69 Å². The number of nitro benzene ring substituents is 1. The monoisotopic (exact) mass is 367 g/mol. The van der Waals surface area contributed by atoms with E-state index in [-0.39, 0.29) is 16.7 Å². The Hall–Kier alpha value is -3.07. The van der Waals surface area contributed by atoms with E-state index in [0.29, 0.717) is 0 Å². The fourth-order valence-electron chi connectivity index (χ4n) is 3.63. The van der Waals surface area contributed by atoms with E-state index in [0.717, 1.165) is 48.6 Å². The molecule has 1 aliphatic rings. The molecule has 0 bridgehead atoms. The molecule has 9 heteroatoms. The summed E-state index contributed by atoms with van der Waals surface area (Å²) in [6.45, 7) is 5.48. The van der Waals surface area contributed by atoms with E-state index in [9.17, 15) is 10.1 Å². The number of hydrogen-bond acceptors (Lipinski definition) is 7. The van der Waals surface area contributed by atoms with Crippen LogP contribution in [0.2, 0.25) is 0 Å². The van der Waals surface area contributed by atoms with Gasteiger partial charge in [0.05, 0.1) is 16.5 Å². The van der Waals surface area contributed by atoms with Crippen LogP contribution in [0, 0.1) is 10.1 Å². The molecule has 0 unspecified atom stereocenters. The normalized spacial score (nSPS) is 16.6. The van der Waals surface area contributed by atoms with Crippen molar-refractivity contribution in [3.63, 3.8) is 0 Å². The summed E-state index contributed by atoms with van der Waals surface area (Å²) in [6, 6.07) is 7.02. The molecular formula is C18H21N7O2. The van der Waals surface area contributed by atoms with Gasteiger partial charge < -0.3 is 4.90 Å². The first kappa shape index (κ1) is 17.3. The number of anilines is 1. The summed E-state index contributed by atoms with van der Waals surface area (Å²) in [6.07, 6.45) is 3.39. The maximum absolute atomic E-state index is 11.0. The first-order chi connectivity index (χ1) is 13.0. The summed E-state index contributed by atoms with van der Waals surface area (Å²) in [4.78, 5) is 24.0. The van der Waals surface area contributed by atoms with Gasteiger partial charge in [-0.3, -0.25) is 19.7 Å². The Balaban J connectivity index is 1.48. The molecular weight excluding hydrogens is 346 g/mol. The van der Waals surface area contributed by atoms with Gasteiger partial charge in [-0.15, -0.1) is 0 Å². The first-order valence-electron chi connectivity index (χ1n) is 8.90. The fraction of sp³-hybridized carbons (Fsp3) is 0.389. The second-order valence-electron chi connectivity index (χ2n) is 6.75. The second-order valence-corrected chi connectivity index (χ2v) is 6.75. The van der Waals surface area contributed by atoms with Crippen LogP contribution in [0.5, 0.6) is 0 Å². The number of nitro groups is 1. The molecule has 1 aliphatic heterocycles. The van der Waals surface area contributed by atoms with Gasteiger partial charge in [0.2, 0.25) is 0 Å². The smallest absolute Gasteiger partial charge is 0.269 e. The van der Waals surface area contributed by atoms with E-state index in [1.165, 1.54) is 6.07 Å². The van der Waals surface area contributed by atoms with E-state index >= 15 is 0 Å². The lowest BCUT2D eigenvalue weighted by atomic mass is 10.1. The molecule has 0 amide bonds. The molecule has 1 saturated heterocycles. The van der Waals surface area contributed by atoms with Crippen molar-refractivity contribution in [3.8, 4) is 0 Å². The van der Waals surface area contributed by atoms with E-state index in [2.05, 4.69) is 31.8 Å². The Morgan fingerprint density at radius 1 is 1.19 bits per heavy atom. The Morgan fingerprint density at radius 2 is 1.96 bits per heavy atom. The van der Waals surface area contributed by atoms with Gasteiger partial charge in [0.15, 0.2) is 5.65 Å². The number of benzene rings is 1. The highest BCUT2D eigenvalue weighted by Gasteiger charge is 2.25. The van der Waals surface area contributed by atoms with Crippen LogP contribution < -0.4 is 4.90 Å². The van der Waals surface area contributed by atoms with Crippen molar-refractivity contribution < 1.29 is 4.92 Å². The number of aromatic nitrogens is 4. The van der Waals surface area contributed by atoms with Gasteiger partial charge in [0.1, 0.15) is 12.1 Å². The third-order valence-corrected chi connectivity index (χ3v) is 5.23. The molecule has 9 nitrogen and oxygen atoms in total. The third-order valence-electron chi connectivity index (χ3n) is 5.23. The minimum atomic E-state index is -0.345. The standard InChI is InChI=1S/C18H21N7O2/c1-13(14-4-3-5-15(10-14)25(26)27)23-6-8-24(9-7-23)18-16-11-21-22(2)17(16)19-12-20-18/h3-5,10-13H,6-9H2,1-2H3/t13-/m0/s1. The summed E-state index contributed by atoms with van der Waals surface area (Å²) in [5.41, 5.74) is 1.93. The quantitative estimate of drug-likeness (QED) is 0.515. The molecule has 0 N–H and O–H groups in total. The van der Waals surface area contributed by atoms with Crippen LogP contribution >= 0.6 is 0 Å². The topological polar surface area (TPSA) is 93.2 Å². The molecule has 0 radical (unpaired) electrons. The number of nitrogens with zero attached hydrogens (tertiary/aromatic N) is 7. The molecule has 2 aromatic heterocycles. The summed E-state index contributed by atoms with van der Waals surface area (Å²) >= 11 is 0. The van der Waals surface area contributed by atoms with Crippen molar-refractivity contribution in [2.75, 3.05) is 31.1 Å². The average molecular weight is 367 g/mol. The van der Waals surface area contributed by atoms with Gasteiger partial charge in [-0.05, 0) is 12.5 Å². The van der Waals surface area contributed by atoms with Crippen molar-refractivity contribution in [2.45, 2.75) is 13.0 Å². The Labute approximate surface area is 156 Å². The number of aryl methyl sites for hydroxylation is 1. The van der Waals surface area contributed by atoms with Crippen molar-refractivity contribution in [1.29, 1.82) is 0 Å². The minimum Gasteiger partial charge on any atom is -0.353 e. The molecule has 0 spiro atoms. The summed E-state index contributed by atoms with van der Waals surface area (Å²) in [7, 11) is 1.87. The highest BCUT2D eigenvalue weighted by Crippen LogP contribution is 2.27. The summed E-state index contributed by atoms with van der Waals surface area (Å²) in [5, 5.41) is 16.3. The lowest BCUT2D eigenvalue weighted by Gasteiger charge is -2.38. The predicted octanol–water partition coefficient (Wildman–Crippen LogP) is 2.15. The average Bonchev–Trinajstić information content (AvgIpc) is 3.09. The minimum absolute atomic E-state index is 0.121. The lowest BCUT2D eigenvalue weighted by Crippen LogP contribution is -2.47. The van der Waals surface area contributed by atoms with E-state index in [1.54, 1.807) is 23.1 Å². The van der Waals surface area contributed by atoms with Crippen LogP contribution in [-0.2, 0) is 7.05 Å². The number of fused-ring (bicyclic) bond motifs is 1. The van der Waals surface area contributed by atoms with Gasteiger partial charge in [-0.25, -0.2) is 9.97 Å². The highest BCUT2D eigenvalue weighted by atomic mass is 16.6. The molecule has 4 rings (SSSR count). The maximum atomic E-state index is 11.0. The van der Waals surface area contributed by atoms with Gasteiger partial charge >= 0.3 is 0 Å². The van der Waals surface area contributed by atoms with Crippen LogP contribution in [0.3, 0.4) is 0 Å². The molecule has 0 aliphatic carbocycles. The SMILES string of the molecule is C[C@@H](c1cccc([N+](=O)[O-])c1)N1CCN(c2ncnc3c2cnn3C)CC1. The molecule has 3 heterocycles. The molecule has 140 valence electrons. The zero-order chi connectivity index (χ0) is 19.0. The van der Waals surface area contributed by atoms with E-state index < -0.39 is 0 Å². The number of rotatable bonds is 4. The fourth-order valence-corrected chi connectivity index (χ4v) is 3.63. The second kappa shape index (κ2) is 6.92. The zero-order valence-electron chi connectivity index (χ0n) is 15.3. The van der Waals surface area contributed by atoms with Crippen molar-refractivity contribution >= 4 is 22.5 Å². The van der Waals surface area contributed by atoms with Gasteiger partial charge in [-0.2, -0.15) is 5.10 Å². The number of non-ortho nitro benzene ring substituents is 1. The Bertz CT molecular complexity index is 979. The highest BCUT2D eigenvalue weighted by molar-refractivity contribution is 5.86. The summed E-state index contributed by atoms with van der Waals surface area (Å²) < 4.78 is 1.75. The van der Waals surface area contributed by atoms with Gasteiger partial charge in [0, 0.05) is 51.4 Å². The van der Waals surface area contributed by atoms with E-state index in [4.69, 9.17) is 0 Å². The summed E-state index contributed by atoms with van der Waals surface area (Å²) in [5.74, 6) is 0.913. The van der Waals surface area contributed by atoms with Crippen LogP contribution in [0.4, 0.5) is 11.5 Å². The largest absolute Gasteiger partial charge is 0.353 e. The van der Waals surface area contributed by atoms with Crippen LogP contribution in [0.1, 0.15) is 18.5 Å². The Kier molecular flexibility index (Phi) is 4.44. The molecule has 27 heavy (non-hydrogen) atoms. The van der Waals surface area contributed by atoms with Crippen molar-refractivity contribution in [2.24, 2.45) is 7.05 Å². The predicted molar refractivity (Wildman–Crippen MR) is 102 cm³/mol. The molecule has 3 aromatic rings. The van der Waals surface area contributed by atoms with Crippen LogP contribution in [0.25, 0.3) is 11.0 Å². The third kappa shape index (κ3) is 3.21. The number of hydrogen-bond donors (Lipinski definition) is 0. The first-order valence-corrected chi connectivity index (χ1v) is 8.90. The van der Waals surface area contributed by atoms with Crippen molar-refractivity contribution in [3.05, 3.63) is 52.5 Å². The molecule has 1 fully saturated rings. The molecule has 0 saturated carbocycles. The maximum Gasteiger partial charge on any atom is 0.269 e. The van der Waals surface area contributed by atoms with Crippen LogP contribution in [-0.4, -0.2) is 55.8 Å². The lowest BCUT2D eigenvalue weighted by molar-refractivity contribution is -0.384. The van der Waals surface area contributed by atoms with Gasteiger partial charge in [-0.1, -0.05) is 12.1 Å². The Morgan fingerprint density at radius 3 is 2.70 bits per heavy atom. The zero-order valence-corrected chi connectivity index (χ0v) is 15.3. The number of piperazine rings is 1. The van der Waals surface area contributed by atoms with E-state index in [1.807, 2.05) is 19.3 Å². The van der Waals surface area contributed by atoms with Crippen LogP contribution in [0.15, 0.2) is 36.8 Å².